The molecular weight excluding hydrogens is 418 g/mol. The SMILES string of the molecule is CO[C@@H](C)C(=O)N1N=C(c2cc(F)ccc2F)SC1(CCCN)c1ncc(C)s1. The van der Waals surface area contributed by atoms with Gasteiger partial charge >= 0.3 is 0 Å². The summed E-state index contributed by atoms with van der Waals surface area (Å²) >= 11 is 2.62. The highest BCUT2D eigenvalue weighted by molar-refractivity contribution is 8.15. The number of carbonyl (C=O) groups excluding carboxylic acids is 1. The summed E-state index contributed by atoms with van der Waals surface area (Å²) in [5.74, 6) is -1.59. The molecule has 3 rings (SSSR count). The van der Waals surface area contributed by atoms with Crippen LogP contribution in [0.2, 0.25) is 0 Å². The molecule has 0 aliphatic carbocycles. The van der Waals surface area contributed by atoms with Crippen molar-refractivity contribution in [2.24, 2.45) is 10.8 Å². The molecule has 2 aromatic rings. The monoisotopic (exact) mass is 440 g/mol. The lowest BCUT2D eigenvalue weighted by Crippen LogP contribution is -2.46. The Morgan fingerprint density at radius 2 is 2.17 bits per heavy atom. The second kappa shape index (κ2) is 8.86. The maximum atomic E-state index is 14.5. The number of aryl methyl sites for hydroxylation is 1. The third-order valence-electron chi connectivity index (χ3n) is 4.54. The van der Waals surface area contributed by atoms with Gasteiger partial charge in [0.2, 0.25) is 0 Å². The van der Waals surface area contributed by atoms with Crippen LogP contribution in [0.3, 0.4) is 0 Å². The van der Waals surface area contributed by atoms with E-state index < -0.39 is 28.5 Å². The summed E-state index contributed by atoms with van der Waals surface area (Å²) in [6.45, 7) is 3.93. The van der Waals surface area contributed by atoms with Gasteiger partial charge in [-0.15, -0.1) is 11.3 Å². The van der Waals surface area contributed by atoms with Crippen LogP contribution < -0.4 is 5.73 Å². The molecule has 2 heterocycles. The minimum Gasteiger partial charge on any atom is -0.372 e. The van der Waals surface area contributed by atoms with Gasteiger partial charge in [-0.25, -0.2) is 18.8 Å². The number of benzene rings is 1. The summed E-state index contributed by atoms with van der Waals surface area (Å²) in [7, 11) is 1.43. The largest absolute Gasteiger partial charge is 0.372 e. The quantitative estimate of drug-likeness (QED) is 0.712. The van der Waals surface area contributed by atoms with Gasteiger partial charge in [-0.2, -0.15) is 5.10 Å². The molecule has 1 aromatic carbocycles. The number of hydrogen-bond donors (Lipinski definition) is 1. The Balaban J connectivity index is 2.15. The molecule has 0 radical (unpaired) electrons. The van der Waals surface area contributed by atoms with Crippen LogP contribution in [0.25, 0.3) is 0 Å². The molecule has 1 aromatic heterocycles. The average Bonchev–Trinajstić information content (AvgIpc) is 3.31. The lowest BCUT2D eigenvalue weighted by Gasteiger charge is -2.34. The maximum Gasteiger partial charge on any atom is 0.273 e. The lowest BCUT2D eigenvalue weighted by molar-refractivity contribution is -0.144. The molecule has 29 heavy (non-hydrogen) atoms. The van der Waals surface area contributed by atoms with E-state index in [1.54, 1.807) is 13.1 Å². The van der Waals surface area contributed by atoms with Crippen LogP contribution >= 0.6 is 23.1 Å². The normalized spacial score (nSPS) is 20.1. The molecule has 0 saturated heterocycles. The third-order valence-corrected chi connectivity index (χ3v) is 7.14. The van der Waals surface area contributed by atoms with Crippen LogP contribution in [0.5, 0.6) is 0 Å². The second-order valence-electron chi connectivity index (χ2n) is 6.61. The zero-order valence-corrected chi connectivity index (χ0v) is 17.9. The van der Waals surface area contributed by atoms with Gasteiger partial charge in [-0.05, 0) is 51.4 Å². The van der Waals surface area contributed by atoms with Crippen LogP contribution in [-0.2, 0) is 14.4 Å². The predicted molar refractivity (Wildman–Crippen MR) is 111 cm³/mol. The van der Waals surface area contributed by atoms with Crippen molar-refractivity contribution in [2.75, 3.05) is 13.7 Å². The van der Waals surface area contributed by atoms with Crippen molar-refractivity contribution >= 4 is 34.0 Å². The highest BCUT2D eigenvalue weighted by atomic mass is 32.2. The Bertz CT molecular complexity index is 937. The predicted octanol–water partition coefficient (Wildman–Crippen LogP) is 3.59. The summed E-state index contributed by atoms with van der Waals surface area (Å²) in [4.78, 5) is 17.6. The van der Waals surface area contributed by atoms with Gasteiger partial charge < -0.3 is 10.5 Å². The van der Waals surface area contributed by atoms with Crippen molar-refractivity contribution in [1.29, 1.82) is 0 Å². The summed E-state index contributed by atoms with van der Waals surface area (Å²) in [5, 5.41) is 6.59. The number of rotatable bonds is 7. The molecule has 2 atom stereocenters. The zero-order chi connectivity index (χ0) is 21.2. The van der Waals surface area contributed by atoms with Gasteiger partial charge in [-0.1, -0.05) is 11.8 Å². The van der Waals surface area contributed by atoms with E-state index in [0.29, 0.717) is 24.4 Å². The van der Waals surface area contributed by atoms with Crippen molar-refractivity contribution in [3.05, 3.63) is 51.5 Å². The Morgan fingerprint density at radius 1 is 1.41 bits per heavy atom. The number of hydrogen-bond acceptors (Lipinski definition) is 7. The second-order valence-corrected chi connectivity index (χ2v) is 9.11. The van der Waals surface area contributed by atoms with Crippen molar-refractivity contribution in [3.63, 3.8) is 0 Å². The van der Waals surface area contributed by atoms with Crippen LogP contribution in [0.15, 0.2) is 29.5 Å². The number of thiazole rings is 1. The first-order chi connectivity index (χ1) is 13.8. The van der Waals surface area contributed by atoms with Crippen molar-refractivity contribution < 1.29 is 18.3 Å². The first kappa shape index (κ1) is 21.8. The molecule has 0 fully saturated rings. The Morgan fingerprint density at radius 3 is 2.79 bits per heavy atom. The van der Waals surface area contributed by atoms with E-state index in [1.807, 2.05) is 6.92 Å². The topological polar surface area (TPSA) is 80.8 Å². The maximum absolute atomic E-state index is 14.5. The van der Waals surface area contributed by atoms with Crippen LogP contribution in [0.1, 0.15) is 35.2 Å². The number of ether oxygens (including phenoxy) is 1. The number of hydrazone groups is 1. The Labute approximate surface area is 176 Å². The van der Waals surface area contributed by atoms with Crippen LogP contribution in [0.4, 0.5) is 8.78 Å². The average molecular weight is 441 g/mol. The molecule has 0 saturated carbocycles. The zero-order valence-electron chi connectivity index (χ0n) is 16.3. The van der Waals surface area contributed by atoms with Gasteiger partial charge in [0.25, 0.3) is 5.91 Å². The van der Waals surface area contributed by atoms with E-state index >= 15 is 0 Å². The van der Waals surface area contributed by atoms with Gasteiger partial charge in [0.15, 0.2) is 4.87 Å². The molecular formula is C19H22F2N4O2S2. The number of nitrogens with two attached hydrogens (primary N) is 1. The molecule has 10 heteroatoms. The molecule has 1 aliphatic heterocycles. The molecule has 1 aliphatic rings. The fourth-order valence-electron chi connectivity index (χ4n) is 2.94. The summed E-state index contributed by atoms with van der Waals surface area (Å²) in [5.41, 5.74) is 5.75. The van der Waals surface area contributed by atoms with Gasteiger partial charge in [0.05, 0.1) is 0 Å². The molecule has 0 spiro atoms. The van der Waals surface area contributed by atoms with E-state index in [-0.39, 0.29) is 10.6 Å². The highest BCUT2D eigenvalue weighted by Crippen LogP contribution is 2.51. The summed E-state index contributed by atoms with van der Waals surface area (Å²) in [6, 6.07) is 3.17. The molecule has 156 valence electrons. The van der Waals surface area contributed by atoms with E-state index in [1.165, 1.54) is 35.2 Å². The molecule has 2 N–H and O–H groups in total. The smallest absolute Gasteiger partial charge is 0.273 e. The van der Waals surface area contributed by atoms with E-state index in [4.69, 9.17) is 10.5 Å². The first-order valence-corrected chi connectivity index (χ1v) is 10.7. The Hall–Kier alpha value is -1.88. The highest BCUT2D eigenvalue weighted by Gasteiger charge is 2.51. The Kier molecular flexibility index (Phi) is 6.67. The van der Waals surface area contributed by atoms with Crippen molar-refractivity contribution in [1.82, 2.24) is 9.99 Å². The van der Waals surface area contributed by atoms with Gasteiger partial charge in [-0.3, -0.25) is 4.79 Å². The fraction of sp³-hybridized carbons (Fsp3) is 0.421. The third kappa shape index (κ3) is 4.20. The molecule has 1 unspecified atom stereocenters. The van der Waals surface area contributed by atoms with Crippen molar-refractivity contribution in [2.45, 2.75) is 37.7 Å². The lowest BCUT2D eigenvalue weighted by atomic mass is 10.1. The van der Waals surface area contributed by atoms with Crippen LogP contribution in [0, 0.1) is 18.6 Å². The number of nitrogens with zero attached hydrogens (tertiary/aromatic N) is 3. The number of methoxy groups -OCH3 is 1. The first-order valence-electron chi connectivity index (χ1n) is 9.05. The number of halogens is 2. The summed E-state index contributed by atoms with van der Waals surface area (Å²) in [6.07, 6.45) is 1.99. The standard InChI is InChI=1S/C19H22F2N4O2S2/c1-11-10-23-18(28-11)19(7-4-8-22)25(17(26)12(2)27-3)24-16(29-19)14-9-13(20)5-6-15(14)21/h5-6,9-10,12H,4,7-8,22H2,1-3H3/t12-,19?/m0/s1. The van der Waals surface area contributed by atoms with E-state index in [0.717, 1.165) is 23.1 Å². The van der Waals surface area contributed by atoms with E-state index in [2.05, 4.69) is 10.1 Å². The molecule has 6 nitrogen and oxygen atoms in total. The molecule has 0 bridgehead atoms. The minimum absolute atomic E-state index is 0.000714. The van der Waals surface area contributed by atoms with E-state index in [9.17, 15) is 13.6 Å². The number of amides is 1. The minimum atomic E-state index is -1.00. The van der Waals surface area contributed by atoms with Gasteiger partial charge in [0, 0.05) is 23.7 Å². The molecule has 1 amide bonds. The number of carbonyl (C=O) groups is 1. The number of thioether (sulfide) groups is 1. The van der Waals surface area contributed by atoms with Crippen LogP contribution in [-0.4, -0.2) is 40.7 Å². The number of aromatic nitrogens is 1. The summed E-state index contributed by atoms with van der Waals surface area (Å²) < 4.78 is 33.5. The fourth-order valence-corrected chi connectivity index (χ4v) is 5.37. The van der Waals surface area contributed by atoms with Gasteiger partial charge in [0.1, 0.15) is 27.8 Å². The van der Waals surface area contributed by atoms with Crippen molar-refractivity contribution in [3.8, 4) is 0 Å².